The SMILES string of the molecule is CCOc1ccc(SCC(=O)NCCC#N)cc1. The zero-order valence-corrected chi connectivity index (χ0v) is 11.1. The van der Waals surface area contributed by atoms with Crippen molar-refractivity contribution < 1.29 is 9.53 Å². The van der Waals surface area contributed by atoms with E-state index < -0.39 is 0 Å². The number of nitrogens with one attached hydrogen (secondary N) is 1. The fraction of sp³-hybridized carbons (Fsp3) is 0.385. The van der Waals surface area contributed by atoms with Crippen molar-refractivity contribution in [2.45, 2.75) is 18.2 Å². The molecule has 0 aliphatic carbocycles. The van der Waals surface area contributed by atoms with Crippen molar-refractivity contribution in [3.63, 3.8) is 0 Å². The Morgan fingerprint density at radius 2 is 2.17 bits per heavy atom. The lowest BCUT2D eigenvalue weighted by Crippen LogP contribution is -2.25. The van der Waals surface area contributed by atoms with Crippen molar-refractivity contribution in [3.05, 3.63) is 24.3 Å². The Morgan fingerprint density at radius 1 is 1.44 bits per heavy atom. The van der Waals surface area contributed by atoms with Crippen molar-refractivity contribution in [3.8, 4) is 11.8 Å². The van der Waals surface area contributed by atoms with Gasteiger partial charge in [-0.1, -0.05) is 0 Å². The fourth-order valence-corrected chi connectivity index (χ4v) is 1.98. The normalized spacial score (nSPS) is 9.56. The summed E-state index contributed by atoms with van der Waals surface area (Å²) < 4.78 is 5.33. The van der Waals surface area contributed by atoms with Gasteiger partial charge in [0.25, 0.3) is 0 Å². The number of ether oxygens (including phenoxy) is 1. The van der Waals surface area contributed by atoms with Crippen LogP contribution in [-0.2, 0) is 4.79 Å². The molecule has 1 rings (SSSR count). The Labute approximate surface area is 111 Å². The van der Waals surface area contributed by atoms with Gasteiger partial charge in [-0.15, -0.1) is 11.8 Å². The summed E-state index contributed by atoms with van der Waals surface area (Å²) in [5.74, 6) is 1.14. The molecule has 0 saturated carbocycles. The average Bonchev–Trinajstić information content (AvgIpc) is 2.39. The van der Waals surface area contributed by atoms with E-state index in [0.29, 0.717) is 25.3 Å². The third-order valence-corrected chi connectivity index (χ3v) is 3.08. The maximum atomic E-state index is 11.4. The van der Waals surface area contributed by atoms with E-state index in [4.69, 9.17) is 10.00 Å². The summed E-state index contributed by atoms with van der Waals surface area (Å²) in [6.45, 7) is 3.00. The highest BCUT2D eigenvalue weighted by molar-refractivity contribution is 8.00. The molecule has 4 nitrogen and oxygen atoms in total. The second-order valence-corrected chi connectivity index (χ2v) is 4.50. The lowest BCUT2D eigenvalue weighted by Gasteiger charge is -2.05. The molecule has 18 heavy (non-hydrogen) atoms. The molecule has 0 spiro atoms. The van der Waals surface area contributed by atoms with Crippen LogP contribution < -0.4 is 10.1 Å². The van der Waals surface area contributed by atoms with E-state index in [-0.39, 0.29) is 5.91 Å². The quantitative estimate of drug-likeness (QED) is 0.606. The number of hydrogen-bond donors (Lipinski definition) is 1. The van der Waals surface area contributed by atoms with E-state index in [2.05, 4.69) is 5.32 Å². The molecule has 1 aromatic rings. The van der Waals surface area contributed by atoms with Crippen LogP contribution in [-0.4, -0.2) is 24.8 Å². The first-order chi connectivity index (χ1) is 8.76. The molecule has 1 amide bonds. The van der Waals surface area contributed by atoms with Crippen molar-refractivity contribution in [1.82, 2.24) is 5.32 Å². The first-order valence-electron chi connectivity index (χ1n) is 5.75. The molecule has 0 aliphatic heterocycles. The Bertz CT molecular complexity index is 412. The van der Waals surface area contributed by atoms with Gasteiger partial charge in [-0.2, -0.15) is 5.26 Å². The Kier molecular flexibility index (Phi) is 6.74. The van der Waals surface area contributed by atoms with E-state index >= 15 is 0 Å². The predicted molar refractivity (Wildman–Crippen MR) is 71.6 cm³/mol. The van der Waals surface area contributed by atoms with Crippen molar-refractivity contribution >= 4 is 17.7 Å². The second kappa shape index (κ2) is 8.43. The van der Waals surface area contributed by atoms with Crippen molar-refractivity contribution in [1.29, 1.82) is 5.26 Å². The zero-order valence-electron chi connectivity index (χ0n) is 10.3. The Balaban J connectivity index is 2.30. The number of carbonyl (C=O) groups is 1. The molecule has 0 bridgehead atoms. The van der Waals surface area contributed by atoms with Crippen molar-refractivity contribution in [2.75, 3.05) is 18.9 Å². The molecule has 0 radical (unpaired) electrons. The minimum atomic E-state index is -0.0517. The maximum absolute atomic E-state index is 11.4. The highest BCUT2D eigenvalue weighted by Gasteiger charge is 2.02. The summed E-state index contributed by atoms with van der Waals surface area (Å²) in [6.07, 6.45) is 0.347. The molecule has 0 aromatic heterocycles. The number of thioether (sulfide) groups is 1. The average molecular weight is 264 g/mol. The number of amides is 1. The van der Waals surface area contributed by atoms with Crippen LogP contribution in [0.4, 0.5) is 0 Å². The second-order valence-electron chi connectivity index (χ2n) is 3.45. The minimum absolute atomic E-state index is 0.0517. The molecular formula is C13H16N2O2S. The molecule has 0 heterocycles. The molecular weight excluding hydrogens is 248 g/mol. The highest BCUT2D eigenvalue weighted by Crippen LogP contribution is 2.21. The van der Waals surface area contributed by atoms with E-state index in [9.17, 15) is 4.79 Å². The third kappa shape index (κ3) is 5.60. The number of nitrogens with zero attached hydrogens (tertiary/aromatic N) is 1. The number of carbonyl (C=O) groups excluding carboxylic acids is 1. The van der Waals surface area contributed by atoms with E-state index in [1.165, 1.54) is 11.8 Å². The summed E-state index contributed by atoms with van der Waals surface area (Å²) in [6, 6.07) is 9.61. The van der Waals surface area contributed by atoms with Crippen LogP contribution in [0.3, 0.4) is 0 Å². The van der Waals surface area contributed by atoms with Crippen LogP contribution in [0.5, 0.6) is 5.75 Å². The van der Waals surface area contributed by atoms with Gasteiger partial charge in [-0.25, -0.2) is 0 Å². The number of hydrogen-bond acceptors (Lipinski definition) is 4. The van der Waals surface area contributed by atoms with Gasteiger partial charge in [0.15, 0.2) is 0 Å². The largest absolute Gasteiger partial charge is 0.494 e. The van der Waals surface area contributed by atoms with Gasteiger partial charge in [-0.05, 0) is 31.2 Å². The lowest BCUT2D eigenvalue weighted by molar-refractivity contribution is -0.118. The van der Waals surface area contributed by atoms with Gasteiger partial charge in [0, 0.05) is 11.4 Å². The maximum Gasteiger partial charge on any atom is 0.230 e. The standard InChI is InChI=1S/C13H16N2O2S/c1-2-17-11-4-6-12(7-5-11)18-10-13(16)15-9-3-8-14/h4-7H,2-3,9-10H2,1H3,(H,15,16). The van der Waals surface area contributed by atoms with Crippen LogP contribution in [0.25, 0.3) is 0 Å². The molecule has 0 saturated heterocycles. The summed E-state index contributed by atoms with van der Waals surface area (Å²) in [7, 11) is 0. The molecule has 0 aliphatic rings. The molecule has 0 fully saturated rings. The number of benzene rings is 1. The summed E-state index contributed by atoms with van der Waals surface area (Å²) in [5.41, 5.74) is 0. The molecule has 1 N–H and O–H groups in total. The first-order valence-corrected chi connectivity index (χ1v) is 6.74. The van der Waals surface area contributed by atoms with Crippen LogP contribution >= 0.6 is 11.8 Å². The van der Waals surface area contributed by atoms with Gasteiger partial charge < -0.3 is 10.1 Å². The minimum Gasteiger partial charge on any atom is -0.494 e. The molecule has 0 unspecified atom stereocenters. The van der Waals surface area contributed by atoms with Crippen LogP contribution in [0.1, 0.15) is 13.3 Å². The van der Waals surface area contributed by atoms with Crippen LogP contribution in [0.2, 0.25) is 0 Å². The topological polar surface area (TPSA) is 62.1 Å². The Morgan fingerprint density at radius 3 is 2.78 bits per heavy atom. The van der Waals surface area contributed by atoms with Gasteiger partial charge in [0.2, 0.25) is 5.91 Å². The zero-order chi connectivity index (χ0) is 13.2. The molecule has 96 valence electrons. The summed E-state index contributed by atoms with van der Waals surface area (Å²) in [5, 5.41) is 11.0. The first kappa shape index (κ1) is 14.4. The monoisotopic (exact) mass is 264 g/mol. The number of nitriles is 1. The van der Waals surface area contributed by atoms with Crippen LogP contribution in [0, 0.1) is 11.3 Å². The predicted octanol–water partition coefficient (Wildman–Crippen LogP) is 2.21. The van der Waals surface area contributed by atoms with Gasteiger partial charge in [0.05, 0.1) is 24.8 Å². The van der Waals surface area contributed by atoms with E-state index in [1.807, 2.05) is 37.3 Å². The Hall–Kier alpha value is -1.67. The molecule has 1 aromatic carbocycles. The fourth-order valence-electron chi connectivity index (χ4n) is 1.26. The smallest absolute Gasteiger partial charge is 0.230 e. The van der Waals surface area contributed by atoms with Gasteiger partial charge in [0.1, 0.15) is 5.75 Å². The van der Waals surface area contributed by atoms with Gasteiger partial charge >= 0.3 is 0 Å². The highest BCUT2D eigenvalue weighted by atomic mass is 32.2. The van der Waals surface area contributed by atoms with E-state index in [1.54, 1.807) is 0 Å². The van der Waals surface area contributed by atoms with Crippen LogP contribution in [0.15, 0.2) is 29.2 Å². The van der Waals surface area contributed by atoms with Crippen molar-refractivity contribution in [2.24, 2.45) is 0 Å². The lowest BCUT2D eigenvalue weighted by atomic mass is 10.3. The third-order valence-electron chi connectivity index (χ3n) is 2.06. The number of rotatable bonds is 7. The summed E-state index contributed by atoms with van der Waals surface area (Å²) >= 11 is 1.46. The summed E-state index contributed by atoms with van der Waals surface area (Å²) in [4.78, 5) is 12.4. The molecule has 5 heteroatoms. The van der Waals surface area contributed by atoms with E-state index in [0.717, 1.165) is 10.6 Å². The molecule has 0 atom stereocenters. The van der Waals surface area contributed by atoms with Gasteiger partial charge in [-0.3, -0.25) is 4.79 Å².